The van der Waals surface area contributed by atoms with Crippen LogP contribution in [0.5, 0.6) is 0 Å². The highest BCUT2D eigenvalue weighted by Crippen LogP contribution is 2.26. The number of hydrogen-bond donors (Lipinski definition) is 1. The zero-order valence-corrected chi connectivity index (χ0v) is 3.98. The second-order valence-corrected chi connectivity index (χ2v) is 2.26. The summed E-state index contributed by atoms with van der Waals surface area (Å²) in [4.78, 5) is 10.6. The van der Waals surface area contributed by atoms with Gasteiger partial charge >= 0.3 is 0 Å². The lowest BCUT2D eigenvalue weighted by atomic mass is 10.3. The van der Waals surface area contributed by atoms with Gasteiger partial charge in [-0.05, 0) is 6.42 Å². The number of carbonyl (C=O) groups excluding carboxylic acids is 1. The number of rotatable bonds is 0. The van der Waals surface area contributed by atoms with E-state index in [9.17, 15) is 4.79 Å². The first kappa shape index (κ1) is 3.61. The SMILES string of the molecule is O=C1CCC2NC12. The van der Waals surface area contributed by atoms with Crippen LogP contribution in [0.4, 0.5) is 0 Å². The molecule has 1 N–H and O–H groups in total. The fourth-order valence-electron chi connectivity index (χ4n) is 1.20. The number of hydrogen-bond acceptors (Lipinski definition) is 2. The van der Waals surface area contributed by atoms with Crippen molar-refractivity contribution in [1.29, 1.82) is 0 Å². The highest BCUT2D eigenvalue weighted by atomic mass is 16.1. The maximum atomic E-state index is 10.6. The summed E-state index contributed by atoms with van der Waals surface area (Å²) in [6.45, 7) is 0. The lowest BCUT2D eigenvalue weighted by Gasteiger charge is -1.83. The van der Waals surface area contributed by atoms with Gasteiger partial charge in [-0.1, -0.05) is 0 Å². The molecule has 0 spiro atoms. The molecule has 1 saturated heterocycles. The van der Waals surface area contributed by atoms with Crippen LogP contribution in [0.1, 0.15) is 12.8 Å². The third-order valence-corrected chi connectivity index (χ3v) is 1.74. The van der Waals surface area contributed by atoms with Gasteiger partial charge in [-0.2, -0.15) is 0 Å². The number of fused-ring (bicyclic) bond motifs is 1. The fraction of sp³-hybridized carbons (Fsp3) is 0.800. The van der Waals surface area contributed by atoms with Gasteiger partial charge in [0.1, 0.15) is 0 Å². The molecular formula is C5H7NO. The van der Waals surface area contributed by atoms with E-state index < -0.39 is 0 Å². The van der Waals surface area contributed by atoms with Gasteiger partial charge in [0.05, 0.1) is 6.04 Å². The minimum absolute atomic E-state index is 0.292. The van der Waals surface area contributed by atoms with Crippen molar-refractivity contribution in [3.63, 3.8) is 0 Å². The third kappa shape index (κ3) is 0.347. The molecule has 0 radical (unpaired) electrons. The Morgan fingerprint density at radius 3 is 2.71 bits per heavy atom. The van der Waals surface area contributed by atoms with E-state index in [0.717, 1.165) is 12.8 Å². The summed E-state index contributed by atoms with van der Waals surface area (Å²) >= 11 is 0. The highest BCUT2D eigenvalue weighted by molar-refractivity contribution is 5.90. The molecule has 1 heterocycles. The Balaban J connectivity index is 2.21. The summed E-state index contributed by atoms with van der Waals surface area (Å²) in [6, 6.07) is 0.882. The van der Waals surface area contributed by atoms with Gasteiger partial charge in [0.15, 0.2) is 5.78 Å². The number of piperidine rings is 1. The van der Waals surface area contributed by atoms with Crippen molar-refractivity contribution in [2.75, 3.05) is 0 Å². The molecule has 0 aromatic rings. The Morgan fingerprint density at radius 2 is 2.57 bits per heavy atom. The smallest absolute Gasteiger partial charge is 0.151 e. The molecule has 1 aliphatic heterocycles. The van der Waals surface area contributed by atoms with Crippen molar-refractivity contribution >= 4 is 5.78 Å². The molecule has 2 heteroatoms. The maximum absolute atomic E-state index is 10.6. The molecule has 2 rings (SSSR count). The number of ketones is 1. The largest absolute Gasteiger partial charge is 0.301 e. The molecule has 2 unspecified atom stereocenters. The first-order valence-corrected chi connectivity index (χ1v) is 2.67. The fourth-order valence-corrected chi connectivity index (χ4v) is 1.20. The van der Waals surface area contributed by atoms with Crippen LogP contribution in [-0.4, -0.2) is 17.9 Å². The number of nitrogens with one attached hydrogen (secondary N) is 1. The first-order valence-electron chi connectivity index (χ1n) is 2.67. The van der Waals surface area contributed by atoms with Gasteiger partial charge in [-0.25, -0.2) is 0 Å². The Hall–Kier alpha value is -0.370. The van der Waals surface area contributed by atoms with Crippen LogP contribution in [0.25, 0.3) is 0 Å². The summed E-state index contributed by atoms with van der Waals surface area (Å²) in [6.07, 6.45) is 1.91. The standard InChI is InChI=1S/C5H7NO/c7-4-2-1-3-5(4)6-3/h3,5-6H,1-2H2. The molecule has 38 valence electrons. The molecule has 2 atom stereocenters. The predicted octanol–water partition coefficient (Wildman–Crippen LogP) is -0.310. The quantitative estimate of drug-likeness (QED) is 0.421. The molecule has 0 aromatic heterocycles. The van der Waals surface area contributed by atoms with Crippen molar-refractivity contribution in [2.45, 2.75) is 24.9 Å². The van der Waals surface area contributed by atoms with E-state index in [0.29, 0.717) is 17.9 Å². The van der Waals surface area contributed by atoms with Crippen molar-refractivity contribution < 1.29 is 4.79 Å². The van der Waals surface area contributed by atoms with Crippen LogP contribution >= 0.6 is 0 Å². The minimum Gasteiger partial charge on any atom is -0.301 e. The summed E-state index contributed by atoms with van der Waals surface area (Å²) < 4.78 is 0. The van der Waals surface area contributed by atoms with Crippen LogP contribution < -0.4 is 5.32 Å². The van der Waals surface area contributed by atoms with E-state index in [1.54, 1.807) is 0 Å². The maximum Gasteiger partial charge on any atom is 0.151 e. The predicted molar refractivity (Wildman–Crippen MR) is 25.0 cm³/mol. The molecule has 2 fully saturated rings. The van der Waals surface area contributed by atoms with E-state index in [2.05, 4.69) is 5.32 Å². The lowest BCUT2D eigenvalue weighted by molar-refractivity contribution is -0.117. The minimum atomic E-state index is 0.292. The lowest BCUT2D eigenvalue weighted by Crippen LogP contribution is -2.04. The molecule has 2 aliphatic rings. The molecule has 1 saturated carbocycles. The Morgan fingerprint density at radius 1 is 1.71 bits per heavy atom. The molecule has 0 amide bonds. The number of Topliss-reactive ketones (excluding diaryl/α,β-unsaturated/α-hetero) is 1. The van der Waals surface area contributed by atoms with Crippen molar-refractivity contribution in [3.8, 4) is 0 Å². The molecule has 0 aromatic carbocycles. The van der Waals surface area contributed by atoms with Crippen molar-refractivity contribution in [3.05, 3.63) is 0 Å². The van der Waals surface area contributed by atoms with Gasteiger partial charge < -0.3 is 5.32 Å². The summed E-state index contributed by atoms with van der Waals surface area (Å²) in [5, 5.41) is 3.07. The van der Waals surface area contributed by atoms with Gasteiger partial charge in [0.2, 0.25) is 0 Å². The van der Waals surface area contributed by atoms with Crippen LogP contribution in [0.15, 0.2) is 0 Å². The third-order valence-electron chi connectivity index (χ3n) is 1.74. The van der Waals surface area contributed by atoms with E-state index in [-0.39, 0.29) is 0 Å². The second-order valence-electron chi connectivity index (χ2n) is 2.26. The number of carbonyl (C=O) groups is 1. The molecule has 2 nitrogen and oxygen atoms in total. The first-order chi connectivity index (χ1) is 3.38. The Bertz CT molecular complexity index is 121. The molecule has 1 aliphatic carbocycles. The Kier molecular flexibility index (Phi) is 0.460. The van der Waals surface area contributed by atoms with Crippen LogP contribution in [0, 0.1) is 0 Å². The Labute approximate surface area is 41.9 Å². The van der Waals surface area contributed by atoms with Crippen molar-refractivity contribution in [2.24, 2.45) is 0 Å². The second kappa shape index (κ2) is 0.892. The van der Waals surface area contributed by atoms with E-state index in [1.165, 1.54) is 0 Å². The highest BCUT2D eigenvalue weighted by Gasteiger charge is 2.46. The monoisotopic (exact) mass is 97.1 g/mol. The topological polar surface area (TPSA) is 39.0 Å². The van der Waals surface area contributed by atoms with E-state index >= 15 is 0 Å². The molecular weight excluding hydrogens is 90.1 g/mol. The molecule has 0 bridgehead atoms. The summed E-state index contributed by atoms with van der Waals surface area (Å²) in [5.74, 6) is 0.421. The zero-order chi connectivity index (χ0) is 4.85. The van der Waals surface area contributed by atoms with Gasteiger partial charge in [0.25, 0.3) is 0 Å². The average Bonchev–Trinajstić information content (AvgIpc) is 2.33. The van der Waals surface area contributed by atoms with E-state index in [4.69, 9.17) is 0 Å². The van der Waals surface area contributed by atoms with Gasteiger partial charge in [0, 0.05) is 12.5 Å². The van der Waals surface area contributed by atoms with Gasteiger partial charge in [-0.15, -0.1) is 0 Å². The van der Waals surface area contributed by atoms with Crippen LogP contribution in [-0.2, 0) is 4.79 Å². The summed E-state index contributed by atoms with van der Waals surface area (Å²) in [7, 11) is 0. The zero-order valence-electron chi connectivity index (χ0n) is 3.98. The van der Waals surface area contributed by atoms with Crippen LogP contribution in [0.3, 0.4) is 0 Å². The summed E-state index contributed by atoms with van der Waals surface area (Å²) in [5.41, 5.74) is 0. The normalized spacial score (nSPS) is 46.6. The average molecular weight is 97.1 g/mol. The van der Waals surface area contributed by atoms with Crippen LogP contribution in [0.2, 0.25) is 0 Å². The van der Waals surface area contributed by atoms with Gasteiger partial charge in [-0.3, -0.25) is 4.79 Å². The van der Waals surface area contributed by atoms with Crippen molar-refractivity contribution in [1.82, 2.24) is 5.32 Å². The molecule has 7 heavy (non-hydrogen) atoms. The van der Waals surface area contributed by atoms with E-state index in [1.807, 2.05) is 0 Å².